The Kier molecular flexibility index (Phi) is 1.27. The zero-order valence-corrected chi connectivity index (χ0v) is 4.50. The molecule has 0 aromatic heterocycles. The summed E-state index contributed by atoms with van der Waals surface area (Å²) in [6.07, 6.45) is 4.33. The van der Waals surface area contributed by atoms with Crippen LogP contribution in [0.25, 0.3) is 0 Å². The van der Waals surface area contributed by atoms with E-state index in [1.165, 1.54) is 6.08 Å². The maximum absolute atomic E-state index is 9.59. The van der Waals surface area contributed by atoms with Gasteiger partial charge >= 0.3 is 0 Å². The molecule has 0 heterocycles. The second kappa shape index (κ2) is 1.93. The molecule has 0 aromatic carbocycles. The number of isocyanates is 1. The lowest BCUT2D eigenvalue weighted by atomic mass is 10.4. The smallest absolute Gasteiger partial charge is 0.211 e. The normalized spacial score (nSPS) is 33.0. The van der Waals surface area contributed by atoms with Gasteiger partial charge in [0.05, 0.1) is 6.04 Å². The van der Waals surface area contributed by atoms with Gasteiger partial charge in [-0.05, 0) is 6.42 Å². The van der Waals surface area contributed by atoms with Crippen molar-refractivity contribution in [1.29, 1.82) is 0 Å². The van der Waals surface area contributed by atoms with E-state index >= 15 is 0 Å². The van der Waals surface area contributed by atoms with Crippen LogP contribution in [0.15, 0.2) is 17.6 Å². The van der Waals surface area contributed by atoms with Crippen LogP contribution in [0.4, 0.5) is 0 Å². The second-order valence-corrected chi connectivity index (χ2v) is 1.92. The average molecular weight is 109 g/mol. The summed E-state index contributed by atoms with van der Waals surface area (Å²) >= 11 is 0. The lowest BCUT2D eigenvalue weighted by molar-refractivity contribution is 0.562. The minimum Gasteiger partial charge on any atom is -0.211 e. The number of rotatable bonds is 2. The highest BCUT2D eigenvalue weighted by molar-refractivity contribution is 5.35. The Bertz CT molecular complexity index is 147. The molecular weight excluding hydrogens is 102 g/mol. The largest absolute Gasteiger partial charge is 0.235 e. The van der Waals surface area contributed by atoms with E-state index in [1.54, 1.807) is 0 Å². The van der Waals surface area contributed by atoms with Crippen LogP contribution >= 0.6 is 0 Å². The first-order valence-corrected chi connectivity index (χ1v) is 2.58. The van der Waals surface area contributed by atoms with E-state index in [0.717, 1.165) is 6.42 Å². The molecular formula is C6H7NO. The van der Waals surface area contributed by atoms with Gasteiger partial charge < -0.3 is 0 Å². The number of nitrogens with zero attached hydrogens (tertiary/aromatic N) is 1. The van der Waals surface area contributed by atoms with Gasteiger partial charge in [-0.25, -0.2) is 9.79 Å². The van der Waals surface area contributed by atoms with Crippen LogP contribution in [0.1, 0.15) is 6.42 Å². The zero-order valence-electron chi connectivity index (χ0n) is 4.50. The Morgan fingerprint density at radius 2 is 2.62 bits per heavy atom. The highest BCUT2D eigenvalue weighted by atomic mass is 16.1. The fourth-order valence-corrected chi connectivity index (χ4v) is 0.670. The van der Waals surface area contributed by atoms with Gasteiger partial charge in [0.2, 0.25) is 6.08 Å². The minimum absolute atomic E-state index is 0.213. The molecule has 0 amide bonds. The van der Waals surface area contributed by atoms with Crippen molar-refractivity contribution in [2.45, 2.75) is 12.5 Å². The quantitative estimate of drug-likeness (QED) is 0.294. The summed E-state index contributed by atoms with van der Waals surface area (Å²) in [4.78, 5) is 13.1. The Hall–Kier alpha value is -0.880. The van der Waals surface area contributed by atoms with Crippen molar-refractivity contribution in [3.8, 4) is 0 Å². The second-order valence-electron chi connectivity index (χ2n) is 1.92. The molecule has 1 aliphatic rings. The molecule has 0 bridgehead atoms. The molecule has 1 fully saturated rings. The zero-order chi connectivity index (χ0) is 5.98. The van der Waals surface area contributed by atoms with E-state index in [-0.39, 0.29) is 6.04 Å². The molecule has 0 spiro atoms. The SMILES string of the molecule is C=C[C@@H]1C[C@H]1N=C=O. The molecule has 0 saturated heterocycles. The van der Waals surface area contributed by atoms with Gasteiger partial charge in [-0.1, -0.05) is 6.08 Å². The molecule has 0 aliphatic heterocycles. The van der Waals surface area contributed by atoms with Crippen LogP contribution in [0.5, 0.6) is 0 Å². The van der Waals surface area contributed by atoms with Crippen LogP contribution in [-0.4, -0.2) is 12.1 Å². The molecule has 1 rings (SSSR count). The van der Waals surface area contributed by atoms with E-state index < -0.39 is 0 Å². The van der Waals surface area contributed by atoms with Gasteiger partial charge in [0.25, 0.3) is 0 Å². The number of aliphatic imine (C=N–C) groups is 1. The molecule has 0 unspecified atom stereocenters. The van der Waals surface area contributed by atoms with Gasteiger partial charge in [0.1, 0.15) is 0 Å². The van der Waals surface area contributed by atoms with Gasteiger partial charge in [0.15, 0.2) is 0 Å². The first-order chi connectivity index (χ1) is 3.88. The molecule has 2 nitrogen and oxygen atoms in total. The van der Waals surface area contributed by atoms with Crippen molar-refractivity contribution in [2.24, 2.45) is 10.9 Å². The molecule has 42 valence electrons. The van der Waals surface area contributed by atoms with E-state index in [1.807, 2.05) is 6.08 Å². The van der Waals surface area contributed by atoms with Crippen molar-refractivity contribution < 1.29 is 4.79 Å². The summed E-state index contributed by atoms with van der Waals surface area (Å²) in [7, 11) is 0. The van der Waals surface area contributed by atoms with Gasteiger partial charge in [-0.2, -0.15) is 0 Å². The third kappa shape index (κ3) is 0.849. The average Bonchev–Trinajstić information content (AvgIpc) is 2.48. The predicted molar refractivity (Wildman–Crippen MR) is 30.2 cm³/mol. The Labute approximate surface area is 47.9 Å². The predicted octanol–water partition coefficient (Wildman–Crippen LogP) is 0.897. The van der Waals surface area contributed by atoms with E-state index in [4.69, 9.17) is 0 Å². The van der Waals surface area contributed by atoms with Gasteiger partial charge in [-0.15, -0.1) is 6.58 Å². The minimum atomic E-state index is 0.213. The molecule has 8 heavy (non-hydrogen) atoms. The summed E-state index contributed by atoms with van der Waals surface area (Å²) in [6, 6.07) is 0.213. The van der Waals surface area contributed by atoms with E-state index in [0.29, 0.717) is 5.92 Å². The summed E-state index contributed by atoms with van der Waals surface area (Å²) in [5.74, 6) is 0.455. The van der Waals surface area contributed by atoms with Gasteiger partial charge in [-0.3, -0.25) is 0 Å². The summed E-state index contributed by atoms with van der Waals surface area (Å²) in [5, 5.41) is 0. The van der Waals surface area contributed by atoms with Gasteiger partial charge in [0, 0.05) is 5.92 Å². The lowest BCUT2D eigenvalue weighted by Crippen LogP contribution is -1.75. The Balaban J connectivity index is 2.36. The first-order valence-electron chi connectivity index (χ1n) is 2.58. The number of carbonyl (C=O) groups excluding carboxylic acids is 1. The van der Waals surface area contributed by atoms with E-state index in [9.17, 15) is 4.79 Å². The third-order valence-corrected chi connectivity index (χ3v) is 1.33. The fraction of sp³-hybridized carbons (Fsp3) is 0.500. The maximum atomic E-state index is 9.59. The summed E-state index contributed by atoms with van der Waals surface area (Å²) < 4.78 is 0. The highest BCUT2D eigenvalue weighted by Crippen LogP contribution is 2.33. The van der Waals surface area contributed by atoms with E-state index in [2.05, 4.69) is 11.6 Å². The fourth-order valence-electron chi connectivity index (χ4n) is 0.670. The van der Waals surface area contributed by atoms with Crippen molar-refractivity contribution in [3.63, 3.8) is 0 Å². The third-order valence-electron chi connectivity index (χ3n) is 1.33. The molecule has 0 radical (unpaired) electrons. The Morgan fingerprint density at radius 1 is 1.88 bits per heavy atom. The summed E-state index contributed by atoms with van der Waals surface area (Å²) in [5.41, 5.74) is 0. The first kappa shape index (κ1) is 5.26. The topological polar surface area (TPSA) is 29.4 Å². The number of hydrogen-bond acceptors (Lipinski definition) is 2. The van der Waals surface area contributed by atoms with Crippen LogP contribution < -0.4 is 0 Å². The monoisotopic (exact) mass is 109 g/mol. The number of hydrogen-bond donors (Lipinski definition) is 0. The molecule has 0 aromatic rings. The van der Waals surface area contributed by atoms with Crippen molar-refractivity contribution in [1.82, 2.24) is 0 Å². The highest BCUT2D eigenvalue weighted by Gasteiger charge is 2.33. The molecule has 2 heteroatoms. The Morgan fingerprint density at radius 3 is 3.00 bits per heavy atom. The molecule has 0 N–H and O–H groups in total. The standard InChI is InChI=1S/C6H7NO/c1-2-5-3-6(5)7-4-8/h2,5-6H,1,3H2/t5-,6-/m1/s1. The maximum Gasteiger partial charge on any atom is 0.235 e. The molecule has 1 saturated carbocycles. The lowest BCUT2D eigenvalue weighted by Gasteiger charge is -1.74. The van der Waals surface area contributed by atoms with Crippen LogP contribution in [0, 0.1) is 5.92 Å². The molecule has 2 atom stereocenters. The van der Waals surface area contributed by atoms with Crippen LogP contribution in [0.2, 0.25) is 0 Å². The van der Waals surface area contributed by atoms with Crippen molar-refractivity contribution in [3.05, 3.63) is 12.7 Å². The molecule has 1 aliphatic carbocycles. The van der Waals surface area contributed by atoms with Crippen molar-refractivity contribution in [2.75, 3.05) is 0 Å². The van der Waals surface area contributed by atoms with Crippen LogP contribution in [-0.2, 0) is 4.79 Å². The van der Waals surface area contributed by atoms with Crippen molar-refractivity contribution >= 4 is 6.08 Å². The summed E-state index contributed by atoms with van der Waals surface area (Å²) in [6.45, 7) is 3.57. The van der Waals surface area contributed by atoms with Crippen LogP contribution in [0.3, 0.4) is 0 Å².